The van der Waals surface area contributed by atoms with E-state index in [2.05, 4.69) is 11.2 Å². The number of aryl methyl sites for hydroxylation is 1. The molecule has 8 nitrogen and oxygen atoms in total. The van der Waals surface area contributed by atoms with Gasteiger partial charge < -0.3 is 14.2 Å². The maximum absolute atomic E-state index is 13.3. The summed E-state index contributed by atoms with van der Waals surface area (Å²) in [6.07, 6.45) is 6.67. The molecule has 1 fully saturated rings. The van der Waals surface area contributed by atoms with Crippen molar-refractivity contribution in [1.82, 2.24) is 5.32 Å². The minimum absolute atomic E-state index is 0.0561. The van der Waals surface area contributed by atoms with Crippen molar-refractivity contribution < 1.29 is 28.6 Å². The van der Waals surface area contributed by atoms with Crippen LogP contribution < -0.4 is 24.4 Å². The summed E-state index contributed by atoms with van der Waals surface area (Å²) in [6, 6.07) is 17.0. The van der Waals surface area contributed by atoms with Crippen molar-refractivity contribution >= 4 is 52.2 Å². The third-order valence-electron chi connectivity index (χ3n) is 5.59. The fourth-order valence-corrected chi connectivity index (χ4v) is 4.46. The Labute approximate surface area is 233 Å². The molecule has 3 aromatic rings. The van der Waals surface area contributed by atoms with E-state index < -0.39 is 17.8 Å². The van der Waals surface area contributed by atoms with E-state index in [0.717, 1.165) is 16.0 Å². The van der Waals surface area contributed by atoms with Crippen molar-refractivity contribution in [2.45, 2.75) is 13.5 Å². The lowest BCUT2D eigenvalue weighted by molar-refractivity contribution is -0.122. The van der Waals surface area contributed by atoms with E-state index in [4.69, 9.17) is 20.6 Å². The quantitative estimate of drug-likeness (QED) is 0.167. The van der Waals surface area contributed by atoms with E-state index in [1.54, 1.807) is 36.4 Å². The Hall–Kier alpha value is -4.30. The summed E-state index contributed by atoms with van der Waals surface area (Å²) in [5, 5.41) is 2.22. The number of rotatable bonds is 8. The van der Waals surface area contributed by atoms with Gasteiger partial charge in [-0.25, -0.2) is 9.69 Å². The molecule has 0 radical (unpaired) electrons. The first kappa shape index (κ1) is 26.8. The number of urea groups is 1. The zero-order valence-corrected chi connectivity index (χ0v) is 22.8. The van der Waals surface area contributed by atoms with Crippen LogP contribution in [0, 0.1) is 22.8 Å². The molecule has 0 atom stereocenters. The van der Waals surface area contributed by atoms with Gasteiger partial charge in [0, 0.05) is 0 Å². The second-order valence-corrected chi connectivity index (χ2v) is 9.42. The zero-order chi connectivity index (χ0) is 27.2. The molecule has 1 heterocycles. The van der Waals surface area contributed by atoms with Crippen molar-refractivity contribution in [2.75, 3.05) is 18.6 Å². The van der Waals surface area contributed by atoms with Crippen molar-refractivity contribution in [2.24, 2.45) is 0 Å². The summed E-state index contributed by atoms with van der Waals surface area (Å²) in [4.78, 5) is 39.4. The number of barbiturate groups is 1. The van der Waals surface area contributed by atoms with E-state index in [0.29, 0.717) is 38.7 Å². The number of nitrogens with zero attached hydrogens (tertiary/aromatic N) is 1. The molecular weight excluding hydrogens is 599 g/mol. The molecule has 0 spiro atoms. The Bertz CT molecular complexity index is 1460. The van der Waals surface area contributed by atoms with Crippen LogP contribution in [0.4, 0.5) is 10.5 Å². The lowest BCUT2D eigenvalue weighted by Crippen LogP contribution is -2.54. The fourth-order valence-electron chi connectivity index (χ4n) is 3.68. The van der Waals surface area contributed by atoms with Crippen LogP contribution in [-0.4, -0.2) is 31.6 Å². The van der Waals surface area contributed by atoms with E-state index in [1.807, 2.05) is 53.8 Å². The molecule has 3 aromatic carbocycles. The van der Waals surface area contributed by atoms with Crippen LogP contribution in [0.3, 0.4) is 0 Å². The van der Waals surface area contributed by atoms with E-state index >= 15 is 0 Å². The number of methoxy groups -OCH3 is 1. The molecule has 9 heteroatoms. The number of anilines is 1. The summed E-state index contributed by atoms with van der Waals surface area (Å²) in [5.41, 5.74) is 2.76. The molecule has 1 aliphatic rings. The topological polar surface area (TPSA) is 94.2 Å². The molecule has 38 heavy (non-hydrogen) atoms. The normalized spacial score (nSPS) is 14.2. The highest BCUT2D eigenvalue weighted by atomic mass is 127. The second kappa shape index (κ2) is 11.8. The van der Waals surface area contributed by atoms with E-state index in [-0.39, 0.29) is 12.2 Å². The molecule has 0 unspecified atom stereocenters. The molecule has 1 saturated heterocycles. The minimum Gasteiger partial charge on any atom is -0.493 e. The first-order valence-corrected chi connectivity index (χ1v) is 12.5. The lowest BCUT2D eigenvalue weighted by atomic mass is 10.1. The number of halogens is 1. The molecule has 1 N–H and O–H groups in total. The Kier molecular flexibility index (Phi) is 8.33. The SMILES string of the molecule is C#CCOc1c(I)cc(/C=C2\C(=O)NC(=O)N(c3ccc(OCc4ccc(C)cc4)cc3)C2=O)cc1OC. The Balaban J connectivity index is 1.55. The lowest BCUT2D eigenvalue weighted by Gasteiger charge is -2.26. The molecule has 4 rings (SSSR count). The molecular formula is C29H23IN2O6. The van der Waals surface area contributed by atoms with Crippen molar-refractivity contribution in [3.63, 3.8) is 0 Å². The summed E-state index contributed by atoms with van der Waals surface area (Å²) >= 11 is 2.05. The summed E-state index contributed by atoms with van der Waals surface area (Å²) in [6.45, 7) is 2.44. The summed E-state index contributed by atoms with van der Waals surface area (Å²) in [5.74, 6) is 2.25. The Morgan fingerprint density at radius 1 is 1.03 bits per heavy atom. The molecule has 0 bridgehead atoms. The van der Waals surface area contributed by atoms with Crippen LogP contribution in [-0.2, 0) is 16.2 Å². The van der Waals surface area contributed by atoms with Crippen LogP contribution >= 0.6 is 22.6 Å². The first-order chi connectivity index (χ1) is 18.3. The van der Waals surface area contributed by atoms with Gasteiger partial charge in [0.05, 0.1) is 16.4 Å². The number of carbonyl (C=O) groups is 3. The number of ether oxygens (including phenoxy) is 3. The number of terminal acetylenes is 1. The monoisotopic (exact) mass is 622 g/mol. The van der Waals surface area contributed by atoms with Gasteiger partial charge in [-0.2, -0.15) is 0 Å². The number of nitrogens with one attached hydrogen (secondary N) is 1. The van der Waals surface area contributed by atoms with Crippen LogP contribution in [0.25, 0.3) is 6.08 Å². The molecule has 1 aliphatic heterocycles. The average Bonchev–Trinajstić information content (AvgIpc) is 2.90. The van der Waals surface area contributed by atoms with Crippen LogP contribution in [0.15, 0.2) is 66.2 Å². The third-order valence-corrected chi connectivity index (χ3v) is 6.39. The predicted octanol–water partition coefficient (Wildman–Crippen LogP) is 4.87. The number of carbonyl (C=O) groups excluding carboxylic acids is 3. The van der Waals surface area contributed by atoms with Gasteiger partial charge in [0.1, 0.15) is 24.5 Å². The second-order valence-electron chi connectivity index (χ2n) is 8.25. The first-order valence-electron chi connectivity index (χ1n) is 11.4. The van der Waals surface area contributed by atoms with Gasteiger partial charge in [0.2, 0.25) is 0 Å². The van der Waals surface area contributed by atoms with Gasteiger partial charge in [-0.3, -0.25) is 14.9 Å². The summed E-state index contributed by atoms with van der Waals surface area (Å²) < 4.78 is 17.4. The van der Waals surface area contributed by atoms with Gasteiger partial charge in [0.25, 0.3) is 11.8 Å². The summed E-state index contributed by atoms with van der Waals surface area (Å²) in [7, 11) is 1.47. The zero-order valence-electron chi connectivity index (χ0n) is 20.6. The minimum atomic E-state index is -0.837. The number of benzene rings is 3. The highest BCUT2D eigenvalue weighted by molar-refractivity contribution is 14.1. The number of imide groups is 2. The highest BCUT2D eigenvalue weighted by Crippen LogP contribution is 2.35. The van der Waals surface area contributed by atoms with Crippen molar-refractivity contribution in [3.8, 4) is 29.6 Å². The van der Waals surface area contributed by atoms with Crippen molar-refractivity contribution in [1.29, 1.82) is 0 Å². The van der Waals surface area contributed by atoms with Gasteiger partial charge in [-0.05, 0) is 83.1 Å². The van der Waals surface area contributed by atoms with Crippen LogP contribution in [0.5, 0.6) is 17.2 Å². The molecule has 0 aliphatic carbocycles. The maximum atomic E-state index is 13.3. The predicted molar refractivity (Wildman–Crippen MR) is 151 cm³/mol. The van der Waals surface area contributed by atoms with Crippen molar-refractivity contribution in [3.05, 3.63) is 86.5 Å². The fraction of sp³-hybridized carbons (Fsp3) is 0.138. The Morgan fingerprint density at radius 2 is 1.74 bits per heavy atom. The molecule has 4 amide bonds. The Morgan fingerprint density at radius 3 is 2.39 bits per heavy atom. The smallest absolute Gasteiger partial charge is 0.335 e. The van der Waals surface area contributed by atoms with Gasteiger partial charge >= 0.3 is 6.03 Å². The van der Waals surface area contributed by atoms with Gasteiger partial charge in [-0.15, -0.1) is 6.42 Å². The van der Waals surface area contributed by atoms with Gasteiger partial charge in [-0.1, -0.05) is 35.7 Å². The number of amides is 4. The number of hydrogen-bond acceptors (Lipinski definition) is 6. The standard InChI is InChI=1S/C29H23IN2O6/c1-4-13-37-26-24(30)15-20(16-25(26)36-3)14-23-27(33)31-29(35)32(28(23)34)21-9-11-22(12-10-21)38-17-19-7-5-18(2)6-8-19/h1,5-12,14-16H,13,17H2,2-3H3,(H,31,33,35)/b23-14+. The largest absolute Gasteiger partial charge is 0.493 e. The third kappa shape index (κ3) is 5.98. The van der Waals surface area contributed by atoms with E-state index in [1.165, 1.54) is 13.2 Å². The average molecular weight is 622 g/mol. The highest BCUT2D eigenvalue weighted by Gasteiger charge is 2.37. The number of hydrogen-bond donors (Lipinski definition) is 1. The van der Waals surface area contributed by atoms with E-state index in [9.17, 15) is 14.4 Å². The van der Waals surface area contributed by atoms with Gasteiger partial charge in [0.15, 0.2) is 11.5 Å². The van der Waals surface area contributed by atoms with Crippen LogP contribution in [0.2, 0.25) is 0 Å². The van der Waals surface area contributed by atoms with Crippen LogP contribution in [0.1, 0.15) is 16.7 Å². The molecule has 192 valence electrons. The molecule has 0 aromatic heterocycles. The maximum Gasteiger partial charge on any atom is 0.335 e. The molecule has 0 saturated carbocycles.